The first-order valence-electron chi connectivity index (χ1n) is 8.24. The number of rotatable bonds is 9. The molecule has 0 fully saturated rings. The van der Waals surface area contributed by atoms with Crippen LogP contribution < -0.4 is 10.1 Å². The number of fused-ring (bicyclic) bond motifs is 1. The van der Waals surface area contributed by atoms with Gasteiger partial charge >= 0.3 is 0 Å². The molecule has 0 saturated heterocycles. The minimum Gasteiger partial charge on any atom is -0.480 e. The van der Waals surface area contributed by atoms with E-state index in [0.717, 1.165) is 6.42 Å². The van der Waals surface area contributed by atoms with Gasteiger partial charge in [0.25, 0.3) is 0 Å². The van der Waals surface area contributed by atoms with E-state index in [4.69, 9.17) is 4.74 Å². The van der Waals surface area contributed by atoms with Gasteiger partial charge in [0, 0.05) is 18.9 Å². The highest BCUT2D eigenvalue weighted by Crippen LogP contribution is 2.11. The number of carbonyl (C=O) groups excluding carboxylic acids is 1. The molecule has 8 heteroatoms. The largest absolute Gasteiger partial charge is 0.480 e. The van der Waals surface area contributed by atoms with Crippen LogP contribution >= 0.6 is 0 Å². The maximum Gasteiger partial charge on any atom is 0.231 e. The van der Waals surface area contributed by atoms with Crippen molar-refractivity contribution in [2.24, 2.45) is 5.92 Å². The lowest BCUT2D eigenvalue weighted by atomic mass is 10.00. The monoisotopic (exact) mass is 335 g/mol. The zero-order chi connectivity index (χ0) is 17.5. The maximum atomic E-state index is 12.0. The first-order valence-corrected chi connectivity index (χ1v) is 8.24. The minimum absolute atomic E-state index is 0.0424. The number of nitrogens with zero attached hydrogens (tertiary/aromatic N) is 4. The number of carbonyl (C=O) groups is 1. The minimum atomic E-state index is -0.192. The molecule has 1 amide bonds. The van der Waals surface area contributed by atoms with Gasteiger partial charge in [-0.1, -0.05) is 20.3 Å². The summed E-state index contributed by atoms with van der Waals surface area (Å²) in [5, 5.41) is 24.7. The van der Waals surface area contributed by atoms with Gasteiger partial charge in [-0.05, 0) is 18.4 Å². The summed E-state index contributed by atoms with van der Waals surface area (Å²) in [7, 11) is 1.55. The highest BCUT2D eigenvalue weighted by molar-refractivity contribution is 5.76. The number of ether oxygens (including phenoxy) is 1. The molecule has 2 atom stereocenters. The molecule has 0 aromatic carbocycles. The van der Waals surface area contributed by atoms with Crippen LogP contribution in [0.25, 0.3) is 5.65 Å². The molecule has 0 radical (unpaired) electrons. The average molecular weight is 335 g/mol. The third-order valence-corrected chi connectivity index (χ3v) is 4.19. The quantitative estimate of drug-likeness (QED) is 0.708. The number of aromatic nitrogens is 4. The molecule has 0 saturated carbocycles. The zero-order valence-corrected chi connectivity index (χ0v) is 14.4. The van der Waals surface area contributed by atoms with E-state index in [1.807, 2.05) is 13.8 Å². The summed E-state index contributed by atoms with van der Waals surface area (Å²) >= 11 is 0. The standard InChI is InChI=1S/C16H25N5O3/c1-4-11(2)12(10-22)17-15(23)7-5-6-13-18-19-14-8-9-16(24-3)20-21(13)14/h8-9,11-12,22H,4-7,10H2,1-3H3,(H,17,23)/t11-,12+/m0/s1. The van der Waals surface area contributed by atoms with Gasteiger partial charge in [0.1, 0.15) is 0 Å². The van der Waals surface area contributed by atoms with Gasteiger partial charge in [0.2, 0.25) is 11.8 Å². The van der Waals surface area contributed by atoms with Gasteiger partial charge in [-0.2, -0.15) is 4.52 Å². The van der Waals surface area contributed by atoms with Crippen molar-refractivity contribution in [1.82, 2.24) is 25.1 Å². The molecule has 0 unspecified atom stereocenters. The van der Waals surface area contributed by atoms with E-state index in [1.165, 1.54) is 0 Å². The second-order valence-corrected chi connectivity index (χ2v) is 5.86. The summed E-state index contributed by atoms with van der Waals surface area (Å²) < 4.78 is 6.73. The fraction of sp³-hybridized carbons (Fsp3) is 0.625. The highest BCUT2D eigenvalue weighted by Gasteiger charge is 2.17. The molecule has 8 nitrogen and oxygen atoms in total. The Bertz CT molecular complexity index is 673. The van der Waals surface area contributed by atoms with Crippen LogP contribution in [-0.4, -0.2) is 50.6 Å². The lowest BCUT2D eigenvalue weighted by Gasteiger charge is -2.22. The van der Waals surface area contributed by atoms with E-state index < -0.39 is 0 Å². The van der Waals surface area contributed by atoms with Gasteiger partial charge in [-0.15, -0.1) is 15.3 Å². The SMILES string of the molecule is CC[C@H](C)[C@@H](CO)NC(=O)CCCc1nnc2ccc(OC)nn12. The summed E-state index contributed by atoms with van der Waals surface area (Å²) in [5.74, 6) is 1.36. The van der Waals surface area contributed by atoms with Crippen LogP contribution in [0, 0.1) is 5.92 Å². The van der Waals surface area contributed by atoms with Gasteiger partial charge in [-0.3, -0.25) is 4.79 Å². The number of nitrogens with one attached hydrogen (secondary N) is 1. The smallest absolute Gasteiger partial charge is 0.231 e. The third-order valence-electron chi connectivity index (χ3n) is 4.19. The predicted octanol–water partition coefficient (Wildman–Crippen LogP) is 0.979. The van der Waals surface area contributed by atoms with Gasteiger partial charge < -0.3 is 15.2 Å². The topological polar surface area (TPSA) is 102 Å². The summed E-state index contributed by atoms with van der Waals surface area (Å²) in [6, 6.07) is 3.32. The molecular weight excluding hydrogens is 310 g/mol. The fourth-order valence-corrected chi connectivity index (χ4v) is 2.42. The molecule has 24 heavy (non-hydrogen) atoms. The highest BCUT2D eigenvalue weighted by atomic mass is 16.5. The molecule has 0 aliphatic carbocycles. The summed E-state index contributed by atoms with van der Waals surface area (Å²) in [4.78, 5) is 12.0. The Balaban J connectivity index is 1.89. The molecule has 2 aromatic heterocycles. The normalized spacial score (nSPS) is 13.7. The molecular formula is C16H25N5O3. The Morgan fingerprint density at radius 2 is 2.21 bits per heavy atom. The molecule has 2 N–H and O–H groups in total. The number of aliphatic hydroxyl groups excluding tert-OH is 1. The van der Waals surface area contributed by atoms with E-state index in [-0.39, 0.29) is 24.5 Å². The van der Waals surface area contributed by atoms with Gasteiger partial charge in [0.15, 0.2) is 11.5 Å². The maximum absolute atomic E-state index is 12.0. The molecule has 0 spiro atoms. The second-order valence-electron chi connectivity index (χ2n) is 5.86. The number of hydrogen-bond donors (Lipinski definition) is 2. The summed E-state index contributed by atoms with van der Waals surface area (Å²) in [5.41, 5.74) is 0.646. The van der Waals surface area contributed by atoms with Crippen molar-refractivity contribution in [3.63, 3.8) is 0 Å². The number of amides is 1. The van der Waals surface area contributed by atoms with Crippen molar-refractivity contribution in [2.75, 3.05) is 13.7 Å². The van der Waals surface area contributed by atoms with Crippen molar-refractivity contribution >= 4 is 11.6 Å². The first kappa shape index (κ1) is 18.1. The molecule has 2 aromatic rings. The van der Waals surface area contributed by atoms with Crippen LogP contribution in [0.1, 0.15) is 38.9 Å². The molecule has 2 heterocycles. The van der Waals surface area contributed by atoms with Crippen LogP contribution in [0.5, 0.6) is 5.88 Å². The lowest BCUT2D eigenvalue weighted by Crippen LogP contribution is -2.41. The number of aliphatic hydroxyl groups is 1. The van der Waals surface area contributed by atoms with Gasteiger partial charge in [-0.25, -0.2) is 0 Å². The average Bonchev–Trinajstić information content (AvgIpc) is 3.01. The number of aryl methyl sites for hydroxylation is 1. The molecule has 132 valence electrons. The number of hydrogen-bond acceptors (Lipinski definition) is 6. The van der Waals surface area contributed by atoms with Crippen LogP contribution in [0.4, 0.5) is 0 Å². The van der Waals surface area contributed by atoms with E-state index in [0.29, 0.717) is 36.6 Å². The Labute approximate surface area is 141 Å². The molecule has 0 aliphatic rings. The number of methoxy groups -OCH3 is 1. The van der Waals surface area contributed by atoms with E-state index in [2.05, 4.69) is 20.6 Å². The van der Waals surface area contributed by atoms with Gasteiger partial charge in [0.05, 0.1) is 19.8 Å². The molecule has 0 bridgehead atoms. The Kier molecular flexibility index (Phi) is 6.48. The fourth-order valence-electron chi connectivity index (χ4n) is 2.42. The van der Waals surface area contributed by atoms with Crippen molar-refractivity contribution in [2.45, 2.75) is 45.6 Å². The van der Waals surface area contributed by atoms with Crippen LogP contribution in [0.15, 0.2) is 12.1 Å². The summed E-state index contributed by atoms with van der Waals surface area (Å²) in [6.07, 6.45) is 2.49. The van der Waals surface area contributed by atoms with E-state index in [9.17, 15) is 9.90 Å². The van der Waals surface area contributed by atoms with Crippen molar-refractivity contribution < 1.29 is 14.6 Å². The predicted molar refractivity (Wildman–Crippen MR) is 88.7 cm³/mol. The van der Waals surface area contributed by atoms with E-state index in [1.54, 1.807) is 23.8 Å². The Morgan fingerprint density at radius 1 is 1.42 bits per heavy atom. The van der Waals surface area contributed by atoms with E-state index >= 15 is 0 Å². The third kappa shape index (κ3) is 4.41. The lowest BCUT2D eigenvalue weighted by molar-refractivity contribution is -0.122. The molecule has 0 aliphatic heterocycles. The Morgan fingerprint density at radius 3 is 2.88 bits per heavy atom. The van der Waals surface area contributed by atoms with Crippen LogP contribution in [0.2, 0.25) is 0 Å². The molecule has 2 rings (SSSR count). The van der Waals surface area contributed by atoms with Crippen LogP contribution in [-0.2, 0) is 11.2 Å². The zero-order valence-electron chi connectivity index (χ0n) is 14.4. The van der Waals surface area contributed by atoms with Crippen LogP contribution in [0.3, 0.4) is 0 Å². The first-order chi connectivity index (χ1) is 11.6. The van der Waals surface area contributed by atoms with Crippen molar-refractivity contribution in [3.8, 4) is 5.88 Å². The van der Waals surface area contributed by atoms with Crippen molar-refractivity contribution in [3.05, 3.63) is 18.0 Å². The second kappa shape index (κ2) is 8.58. The van der Waals surface area contributed by atoms with Crippen molar-refractivity contribution in [1.29, 1.82) is 0 Å². The Hall–Kier alpha value is -2.22. The summed E-state index contributed by atoms with van der Waals surface area (Å²) in [6.45, 7) is 4.01.